The van der Waals surface area contributed by atoms with E-state index in [4.69, 9.17) is 9.47 Å². The number of cyclic esters (lactones) is 1. The zero-order valence-electron chi connectivity index (χ0n) is 14.3. The first-order valence-corrected chi connectivity index (χ1v) is 8.46. The Balaban J connectivity index is 1.63. The average Bonchev–Trinajstić information content (AvgIpc) is 2.99. The topological polar surface area (TPSA) is 52.6 Å². The fourth-order valence-corrected chi connectivity index (χ4v) is 5.13. The first kappa shape index (κ1) is 15.8. The summed E-state index contributed by atoms with van der Waals surface area (Å²) in [6, 6.07) is 0. The number of ether oxygens (including phenoxy) is 2. The summed E-state index contributed by atoms with van der Waals surface area (Å²) in [5, 5.41) is 0. The van der Waals surface area contributed by atoms with E-state index in [0.717, 1.165) is 19.3 Å². The molecule has 0 amide bonds. The molecule has 5 atom stereocenters. The van der Waals surface area contributed by atoms with E-state index in [2.05, 4.69) is 20.8 Å². The highest BCUT2D eigenvalue weighted by molar-refractivity contribution is 5.77. The molecule has 2 saturated carbocycles. The Labute approximate surface area is 132 Å². The average molecular weight is 308 g/mol. The predicted molar refractivity (Wildman–Crippen MR) is 81.9 cm³/mol. The summed E-state index contributed by atoms with van der Waals surface area (Å²) in [4.78, 5) is 24.4. The second-order valence-electron chi connectivity index (χ2n) is 9.28. The molecule has 0 N–H and O–H groups in total. The summed E-state index contributed by atoms with van der Waals surface area (Å²) in [5.41, 5.74) is -0.379. The van der Waals surface area contributed by atoms with Gasteiger partial charge in [-0.15, -0.1) is 0 Å². The lowest BCUT2D eigenvalue weighted by Gasteiger charge is -2.34. The van der Waals surface area contributed by atoms with Crippen LogP contribution in [0.3, 0.4) is 0 Å². The highest BCUT2D eigenvalue weighted by Gasteiger charge is 2.60. The quantitative estimate of drug-likeness (QED) is 0.751. The third-order valence-corrected chi connectivity index (χ3v) is 5.58. The van der Waals surface area contributed by atoms with Crippen molar-refractivity contribution in [3.8, 4) is 0 Å². The monoisotopic (exact) mass is 308 g/mol. The molecule has 3 fully saturated rings. The maximum atomic E-state index is 12.6. The van der Waals surface area contributed by atoms with Gasteiger partial charge in [-0.3, -0.25) is 9.59 Å². The smallest absolute Gasteiger partial charge is 0.311 e. The molecule has 2 bridgehead atoms. The Morgan fingerprint density at radius 1 is 1.18 bits per heavy atom. The minimum absolute atomic E-state index is 0.0208. The predicted octanol–water partition coefficient (Wildman–Crippen LogP) is 3.19. The van der Waals surface area contributed by atoms with Crippen molar-refractivity contribution in [3.05, 3.63) is 0 Å². The van der Waals surface area contributed by atoms with Gasteiger partial charge in [0.25, 0.3) is 0 Å². The van der Waals surface area contributed by atoms with E-state index in [-0.39, 0.29) is 35.3 Å². The summed E-state index contributed by atoms with van der Waals surface area (Å²) in [7, 11) is 0. The van der Waals surface area contributed by atoms with Crippen LogP contribution in [-0.4, -0.2) is 24.6 Å². The minimum Gasteiger partial charge on any atom is -0.465 e. The maximum absolute atomic E-state index is 12.6. The van der Waals surface area contributed by atoms with Crippen molar-refractivity contribution < 1.29 is 19.1 Å². The molecular formula is C18H28O4. The van der Waals surface area contributed by atoms with Crippen molar-refractivity contribution >= 4 is 11.9 Å². The van der Waals surface area contributed by atoms with E-state index in [9.17, 15) is 9.59 Å². The molecule has 2 aliphatic carbocycles. The number of esters is 2. The van der Waals surface area contributed by atoms with Crippen LogP contribution in [-0.2, 0) is 19.1 Å². The van der Waals surface area contributed by atoms with Crippen molar-refractivity contribution in [3.63, 3.8) is 0 Å². The van der Waals surface area contributed by atoms with Crippen LogP contribution in [0, 0.1) is 34.5 Å². The van der Waals surface area contributed by atoms with Gasteiger partial charge in [-0.25, -0.2) is 0 Å². The number of hydrogen-bond donors (Lipinski definition) is 0. The number of carbonyl (C=O) groups is 2. The van der Waals surface area contributed by atoms with Crippen molar-refractivity contribution in [1.82, 2.24) is 0 Å². The standard InChI is InChI=1S/C18H28O4/c1-17(2,3)9-18(4,5)16(20)22-13-7-10-6-11(13)12-8-21-15(19)14(10)12/h10-14H,6-9H2,1-5H3. The Bertz CT molecular complexity index is 488. The molecule has 0 spiro atoms. The minimum atomic E-state index is -0.471. The van der Waals surface area contributed by atoms with Crippen molar-refractivity contribution in [1.29, 1.82) is 0 Å². The highest BCUT2D eigenvalue weighted by Crippen LogP contribution is 2.56. The highest BCUT2D eigenvalue weighted by atomic mass is 16.6. The summed E-state index contributed by atoms with van der Waals surface area (Å²) in [5.74, 6) is 0.888. The number of fused-ring (bicyclic) bond motifs is 5. The lowest BCUT2D eigenvalue weighted by Crippen LogP contribution is -2.39. The number of carbonyl (C=O) groups excluding carboxylic acids is 2. The van der Waals surface area contributed by atoms with Gasteiger partial charge in [-0.2, -0.15) is 0 Å². The van der Waals surface area contributed by atoms with E-state index in [1.807, 2.05) is 13.8 Å². The van der Waals surface area contributed by atoms with E-state index < -0.39 is 5.41 Å². The fraction of sp³-hybridized carbons (Fsp3) is 0.889. The van der Waals surface area contributed by atoms with E-state index >= 15 is 0 Å². The summed E-state index contributed by atoms with van der Waals surface area (Å²) < 4.78 is 11.1. The molecular weight excluding hydrogens is 280 g/mol. The second kappa shape index (κ2) is 4.97. The van der Waals surface area contributed by atoms with Gasteiger partial charge in [0.1, 0.15) is 6.10 Å². The Kier molecular flexibility index (Phi) is 3.57. The molecule has 1 saturated heterocycles. The van der Waals surface area contributed by atoms with Gasteiger partial charge in [0.2, 0.25) is 0 Å². The lowest BCUT2D eigenvalue weighted by atomic mass is 9.76. The second-order valence-corrected chi connectivity index (χ2v) is 9.28. The molecule has 22 heavy (non-hydrogen) atoms. The SMILES string of the molecule is CC(C)(C)CC(C)(C)C(=O)OC1CC2CC1C1COC(=O)C21. The van der Waals surface area contributed by atoms with Crippen LogP contribution in [0.1, 0.15) is 53.9 Å². The largest absolute Gasteiger partial charge is 0.465 e. The van der Waals surface area contributed by atoms with Gasteiger partial charge in [0.05, 0.1) is 17.9 Å². The molecule has 1 aliphatic heterocycles. The lowest BCUT2D eigenvalue weighted by molar-refractivity contribution is -0.165. The van der Waals surface area contributed by atoms with Gasteiger partial charge >= 0.3 is 11.9 Å². The fourth-order valence-electron chi connectivity index (χ4n) is 5.13. The summed E-state index contributed by atoms with van der Waals surface area (Å²) >= 11 is 0. The molecule has 5 unspecified atom stereocenters. The van der Waals surface area contributed by atoms with Gasteiger partial charge in [-0.05, 0) is 44.4 Å². The Hall–Kier alpha value is -1.06. The number of hydrogen-bond acceptors (Lipinski definition) is 4. The first-order chi connectivity index (χ1) is 10.1. The van der Waals surface area contributed by atoms with Crippen LogP contribution in [0.25, 0.3) is 0 Å². The van der Waals surface area contributed by atoms with Crippen LogP contribution in [0.4, 0.5) is 0 Å². The Morgan fingerprint density at radius 2 is 1.86 bits per heavy atom. The van der Waals surface area contributed by atoms with E-state index in [1.54, 1.807) is 0 Å². The van der Waals surface area contributed by atoms with Crippen LogP contribution in [0.5, 0.6) is 0 Å². The summed E-state index contributed by atoms with van der Waals surface area (Å²) in [6.07, 6.45) is 2.63. The third-order valence-electron chi connectivity index (χ3n) is 5.58. The molecule has 0 aromatic carbocycles. The Morgan fingerprint density at radius 3 is 2.50 bits per heavy atom. The molecule has 0 aromatic rings. The zero-order valence-corrected chi connectivity index (χ0v) is 14.3. The van der Waals surface area contributed by atoms with Gasteiger partial charge in [0.15, 0.2) is 0 Å². The van der Waals surface area contributed by atoms with Crippen LogP contribution in [0.2, 0.25) is 0 Å². The summed E-state index contributed by atoms with van der Waals surface area (Å²) in [6.45, 7) is 10.9. The maximum Gasteiger partial charge on any atom is 0.311 e. The van der Waals surface area contributed by atoms with Crippen molar-refractivity contribution in [2.75, 3.05) is 6.61 Å². The molecule has 3 aliphatic rings. The normalized spacial score (nSPS) is 37.1. The van der Waals surface area contributed by atoms with Crippen molar-refractivity contribution in [2.24, 2.45) is 34.5 Å². The van der Waals surface area contributed by atoms with E-state index in [1.165, 1.54) is 0 Å². The van der Waals surface area contributed by atoms with E-state index in [0.29, 0.717) is 18.4 Å². The molecule has 0 aromatic heterocycles. The molecule has 4 heteroatoms. The molecule has 0 radical (unpaired) electrons. The first-order valence-electron chi connectivity index (χ1n) is 8.46. The zero-order chi connectivity index (χ0) is 16.3. The van der Waals surface area contributed by atoms with Crippen LogP contribution in [0.15, 0.2) is 0 Å². The molecule has 124 valence electrons. The molecule has 1 heterocycles. The van der Waals surface area contributed by atoms with Crippen LogP contribution >= 0.6 is 0 Å². The van der Waals surface area contributed by atoms with Gasteiger partial charge < -0.3 is 9.47 Å². The van der Waals surface area contributed by atoms with Crippen molar-refractivity contribution in [2.45, 2.75) is 60.0 Å². The number of rotatable bonds is 3. The van der Waals surface area contributed by atoms with Crippen LogP contribution < -0.4 is 0 Å². The third kappa shape index (κ3) is 2.65. The van der Waals surface area contributed by atoms with Gasteiger partial charge in [-0.1, -0.05) is 20.8 Å². The molecule has 4 nitrogen and oxygen atoms in total. The van der Waals surface area contributed by atoms with Gasteiger partial charge in [0, 0.05) is 11.8 Å². The molecule has 3 rings (SSSR count).